The van der Waals surface area contributed by atoms with Crippen LogP contribution >= 0.6 is 0 Å². The number of aromatic amines is 1. The van der Waals surface area contributed by atoms with Gasteiger partial charge >= 0.3 is 0 Å². The summed E-state index contributed by atoms with van der Waals surface area (Å²) in [7, 11) is 1.60. The van der Waals surface area contributed by atoms with E-state index in [1.165, 1.54) is 12.8 Å². The first-order chi connectivity index (χ1) is 14.2. The molecule has 1 aromatic carbocycles. The van der Waals surface area contributed by atoms with E-state index in [-0.39, 0.29) is 5.91 Å². The van der Waals surface area contributed by atoms with Crippen LogP contribution in [0.25, 0.3) is 22.2 Å². The molecule has 4 heterocycles. The molecule has 5 rings (SSSR count). The lowest BCUT2D eigenvalue weighted by atomic mass is 10.1. The molecule has 1 amide bonds. The Labute approximate surface area is 167 Å². The van der Waals surface area contributed by atoms with Gasteiger partial charge in [0.1, 0.15) is 11.5 Å². The van der Waals surface area contributed by atoms with Gasteiger partial charge in [-0.1, -0.05) is 12.1 Å². The fourth-order valence-electron chi connectivity index (χ4n) is 3.75. The van der Waals surface area contributed by atoms with Crippen LogP contribution in [0.15, 0.2) is 42.9 Å². The van der Waals surface area contributed by atoms with E-state index >= 15 is 0 Å². The first-order valence-electron chi connectivity index (χ1n) is 9.70. The van der Waals surface area contributed by atoms with Gasteiger partial charge in [0.25, 0.3) is 5.91 Å². The molecule has 0 aliphatic carbocycles. The number of imidazole rings is 1. The minimum absolute atomic E-state index is 0.175. The summed E-state index contributed by atoms with van der Waals surface area (Å²) in [4.78, 5) is 28.3. The summed E-state index contributed by atoms with van der Waals surface area (Å²) in [6.45, 7) is 1.01. The van der Waals surface area contributed by atoms with Crippen LogP contribution in [0.1, 0.15) is 29.2 Å². The minimum atomic E-state index is -0.175. The molecule has 0 atom stereocenters. The Hall–Kier alpha value is -3.68. The number of aryl methyl sites for hydroxylation is 1. The van der Waals surface area contributed by atoms with Gasteiger partial charge in [0.15, 0.2) is 0 Å². The number of aromatic nitrogens is 5. The van der Waals surface area contributed by atoms with Crippen LogP contribution in [-0.4, -0.2) is 37.5 Å². The summed E-state index contributed by atoms with van der Waals surface area (Å²) in [5.74, 6) is 1.47. The Morgan fingerprint density at radius 1 is 1.17 bits per heavy atom. The molecule has 1 aliphatic heterocycles. The molecule has 0 radical (unpaired) electrons. The predicted molar refractivity (Wildman–Crippen MR) is 111 cm³/mol. The number of rotatable bonds is 4. The van der Waals surface area contributed by atoms with Crippen molar-refractivity contribution < 1.29 is 4.79 Å². The third kappa shape index (κ3) is 3.22. The van der Waals surface area contributed by atoms with Crippen LogP contribution in [0.3, 0.4) is 0 Å². The molecule has 146 valence electrons. The zero-order chi connectivity index (χ0) is 19.8. The van der Waals surface area contributed by atoms with Crippen molar-refractivity contribution in [3.63, 3.8) is 0 Å². The molecular weight excluding hydrogens is 366 g/mol. The summed E-state index contributed by atoms with van der Waals surface area (Å²) in [5, 5.41) is 6.71. The number of fused-ring (bicyclic) bond motifs is 2. The van der Waals surface area contributed by atoms with Crippen molar-refractivity contribution >= 4 is 28.4 Å². The van der Waals surface area contributed by atoms with Crippen molar-refractivity contribution in [2.24, 2.45) is 0 Å². The van der Waals surface area contributed by atoms with Crippen LogP contribution in [0, 0.1) is 0 Å². The molecule has 0 bridgehead atoms. The fraction of sp³-hybridized carbons (Fsp3) is 0.238. The standard InChI is InChI=1S/C21H21N7O/c1-22-20(29)17-9-15(11-23-17)26-21-25-10-14-6-5-13(8-16(14)27-21)18-12-24-19-4-2-3-7-28(18)19/h5-6,8-12,23H,2-4,7H2,1H3,(H,22,29)(H,25,26,27). The SMILES string of the molecule is CNC(=O)c1cc(Nc2ncc3ccc(-c4cnc5n4CCCC5)cc3n2)c[nH]1. The second-order valence-corrected chi connectivity index (χ2v) is 7.14. The average Bonchev–Trinajstić information content (AvgIpc) is 3.40. The molecule has 0 saturated carbocycles. The molecule has 3 aromatic heterocycles. The zero-order valence-electron chi connectivity index (χ0n) is 16.1. The maximum absolute atomic E-state index is 11.7. The summed E-state index contributed by atoms with van der Waals surface area (Å²) >= 11 is 0. The van der Waals surface area contributed by atoms with Gasteiger partial charge in [0, 0.05) is 43.4 Å². The number of anilines is 2. The highest BCUT2D eigenvalue weighted by atomic mass is 16.1. The maximum Gasteiger partial charge on any atom is 0.267 e. The van der Waals surface area contributed by atoms with Gasteiger partial charge in [0.05, 0.1) is 23.1 Å². The lowest BCUT2D eigenvalue weighted by Gasteiger charge is -2.16. The smallest absolute Gasteiger partial charge is 0.267 e. The molecule has 29 heavy (non-hydrogen) atoms. The van der Waals surface area contributed by atoms with Crippen LogP contribution < -0.4 is 10.6 Å². The summed E-state index contributed by atoms with van der Waals surface area (Å²) in [6, 6.07) is 7.94. The number of amides is 1. The average molecular weight is 387 g/mol. The van der Waals surface area contributed by atoms with E-state index in [4.69, 9.17) is 0 Å². The van der Waals surface area contributed by atoms with Crippen LogP contribution in [-0.2, 0) is 13.0 Å². The molecule has 0 fully saturated rings. The predicted octanol–water partition coefficient (Wildman–Crippen LogP) is 3.26. The highest BCUT2D eigenvalue weighted by Crippen LogP contribution is 2.28. The van der Waals surface area contributed by atoms with Crippen molar-refractivity contribution in [1.29, 1.82) is 0 Å². The van der Waals surface area contributed by atoms with Crippen molar-refractivity contribution in [2.75, 3.05) is 12.4 Å². The number of H-pyrrole nitrogens is 1. The third-order valence-corrected chi connectivity index (χ3v) is 5.26. The number of carbonyl (C=O) groups excluding carboxylic acids is 1. The van der Waals surface area contributed by atoms with Crippen LogP contribution in [0.4, 0.5) is 11.6 Å². The third-order valence-electron chi connectivity index (χ3n) is 5.26. The molecule has 1 aliphatic rings. The Morgan fingerprint density at radius 3 is 3.00 bits per heavy atom. The summed E-state index contributed by atoms with van der Waals surface area (Å²) < 4.78 is 2.31. The second-order valence-electron chi connectivity index (χ2n) is 7.14. The molecule has 0 saturated heterocycles. The number of nitrogens with one attached hydrogen (secondary N) is 3. The van der Waals surface area contributed by atoms with Gasteiger partial charge in [-0.2, -0.15) is 0 Å². The normalized spacial score (nSPS) is 13.3. The molecule has 0 unspecified atom stereocenters. The lowest BCUT2D eigenvalue weighted by Crippen LogP contribution is -2.17. The van der Waals surface area contributed by atoms with Crippen molar-refractivity contribution in [3.05, 3.63) is 54.4 Å². The van der Waals surface area contributed by atoms with Gasteiger partial charge in [-0.05, 0) is 25.0 Å². The number of carbonyl (C=O) groups is 1. The fourth-order valence-corrected chi connectivity index (χ4v) is 3.75. The largest absolute Gasteiger partial charge is 0.355 e. The number of hydrogen-bond acceptors (Lipinski definition) is 5. The van der Waals surface area contributed by atoms with Crippen LogP contribution in [0.2, 0.25) is 0 Å². The maximum atomic E-state index is 11.7. The first-order valence-corrected chi connectivity index (χ1v) is 9.70. The van der Waals surface area contributed by atoms with Gasteiger partial charge < -0.3 is 20.2 Å². The zero-order valence-corrected chi connectivity index (χ0v) is 16.1. The topological polar surface area (TPSA) is 101 Å². The van der Waals surface area contributed by atoms with Crippen molar-refractivity contribution in [1.82, 2.24) is 29.8 Å². The molecule has 3 N–H and O–H groups in total. The molecule has 8 heteroatoms. The Bertz CT molecular complexity index is 1210. The Morgan fingerprint density at radius 2 is 2.10 bits per heavy atom. The highest BCUT2D eigenvalue weighted by molar-refractivity contribution is 5.93. The summed E-state index contributed by atoms with van der Waals surface area (Å²) in [5.41, 5.74) is 4.29. The second kappa shape index (κ2) is 7.05. The van der Waals surface area contributed by atoms with E-state index in [0.29, 0.717) is 11.6 Å². The van der Waals surface area contributed by atoms with Crippen LogP contribution in [0.5, 0.6) is 0 Å². The van der Waals surface area contributed by atoms with E-state index in [2.05, 4.69) is 47.3 Å². The quantitative estimate of drug-likeness (QED) is 0.499. The molecule has 0 spiro atoms. The number of hydrogen-bond donors (Lipinski definition) is 3. The Kier molecular flexibility index (Phi) is 4.23. The van der Waals surface area contributed by atoms with Gasteiger partial charge in [-0.25, -0.2) is 15.0 Å². The Balaban J connectivity index is 1.46. The van der Waals surface area contributed by atoms with Gasteiger partial charge in [0.2, 0.25) is 5.95 Å². The minimum Gasteiger partial charge on any atom is -0.355 e. The monoisotopic (exact) mass is 387 g/mol. The molecule has 4 aromatic rings. The lowest BCUT2D eigenvalue weighted by molar-refractivity contribution is 0.0959. The first kappa shape index (κ1) is 17.4. The van der Waals surface area contributed by atoms with Gasteiger partial charge in [-0.15, -0.1) is 0 Å². The molecule has 8 nitrogen and oxygen atoms in total. The van der Waals surface area contributed by atoms with E-state index in [9.17, 15) is 4.79 Å². The van der Waals surface area contributed by atoms with E-state index in [1.54, 1.807) is 25.5 Å². The van der Waals surface area contributed by atoms with Gasteiger partial charge in [-0.3, -0.25) is 4.79 Å². The van der Waals surface area contributed by atoms with E-state index in [1.807, 2.05) is 12.3 Å². The van der Waals surface area contributed by atoms with Crippen molar-refractivity contribution in [3.8, 4) is 11.3 Å². The number of nitrogens with zero attached hydrogens (tertiary/aromatic N) is 4. The van der Waals surface area contributed by atoms with Crippen molar-refractivity contribution in [2.45, 2.75) is 25.8 Å². The highest BCUT2D eigenvalue weighted by Gasteiger charge is 2.15. The van der Waals surface area contributed by atoms with E-state index < -0.39 is 0 Å². The number of benzene rings is 1. The van der Waals surface area contributed by atoms with E-state index in [0.717, 1.165) is 46.6 Å². The molecular formula is C21H21N7O. The summed E-state index contributed by atoms with van der Waals surface area (Å²) in [6.07, 6.45) is 8.91.